The number of rotatable bonds is 5. The van der Waals surface area contributed by atoms with Crippen LogP contribution in [0.3, 0.4) is 0 Å². The molecular weight excluding hydrogens is 206 g/mol. The van der Waals surface area contributed by atoms with Crippen molar-refractivity contribution in [3.63, 3.8) is 0 Å². The molecule has 3 heteroatoms. The number of hydrogen-bond acceptors (Lipinski definition) is 3. The number of para-hydroxylation sites is 1. The van der Waals surface area contributed by atoms with E-state index < -0.39 is 0 Å². The molecule has 1 aromatic carbocycles. The Morgan fingerprint density at radius 3 is 2.60 bits per heavy atom. The average Bonchev–Trinajstić information content (AvgIpc) is 2.17. The van der Waals surface area contributed by atoms with Crippen molar-refractivity contribution in [3.8, 4) is 5.75 Å². The normalized spacial score (nSPS) is 14.7. The largest absolute Gasteiger partial charge is 0.496 e. The zero-order chi connectivity index (χ0) is 11.3. The summed E-state index contributed by atoms with van der Waals surface area (Å²) in [5, 5.41) is 0.515. The van der Waals surface area contributed by atoms with Crippen LogP contribution in [0.4, 0.5) is 0 Å². The molecule has 1 aromatic rings. The lowest BCUT2D eigenvalue weighted by Crippen LogP contribution is -2.19. The highest BCUT2D eigenvalue weighted by molar-refractivity contribution is 8.00. The van der Waals surface area contributed by atoms with Gasteiger partial charge in [-0.25, -0.2) is 0 Å². The Labute approximate surface area is 96.2 Å². The van der Waals surface area contributed by atoms with Gasteiger partial charge in [-0.1, -0.05) is 19.1 Å². The predicted octanol–water partition coefficient (Wildman–Crippen LogP) is 2.91. The number of hydrogen-bond donors (Lipinski definition) is 1. The summed E-state index contributed by atoms with van der Waals surface area (Å²) >= 11 is 1.82. The van der Waals surface area contributed by atoms with Gasteiger partial charge in [-0.2, -0.15) is 0 Å². The van der Waals surface area contributed by atoms with Crippen LogP contribution < -0.4 is 10.5 Å². The molecule has 0 aromatic heterocycles. The Morgan fingerprint density at radius 1 is 1.33 bits per heavy atom. The quantitative estimate of drug-likeness (QED) is 0.783. The summed E-state index contributed by atoms with van der Waals surface area (Å²) in [6.07, 6.45) is 1.02. The van der Waals surface area contributed by atoms with Crippen LogP contribution in [0.5, 0.6) is 5.75 Å². The minimum absolute atomic E-state index is 0.252. The lowest BCUT2D eigenvalue weighted by atomic mass is 10.2. The second-order valence-electron chi connectivity index (χ2n) is 3.79. The molecule has 15 heavy (non-hydrogen) atoms. The molecule has 0 heterocycles. The summed E-state index contributed by atoms with van der Waals surface area (Å²) in [4.78, 5) is 1.19. The van der Waals surface area contributed by atoms with E-state index in [1.54, 1.807) is 7.11 Å². The summed E-state index contributed by atoms with van der Waals surface area (Å²) in [5.74, 6) is 0.944. The molecule has 2 unspecified atom stereocenters. The molecule has 0 saturated heterocycles. The number of benzene rings is 1. The standard InChI is InChI=1S/C12H19NOS/c1-9(13)8-10(2)15-12-7-5-4-6-11(12)14-3/h4-7,9-10H,8,13H2,1-3H3. The lowest BCUT2D eigenvalue weighted by molar-refractivity contribution is 0.404. The fourth-order valence-electron chi connectivity index (χ4n) is 1.50. The molecule has 0 saturated carbocycles. The van der Waals surface area contributed by atoms with Gasteiger partial charge in [0.1, 0.15) is 5.75 Å². The van der Waals surface area contributed by atoms with Gasteiger partial charge >= 0.3 is 0 Å². The third-order valence-corrected chi connectivity index (χ3v) is 3.29. The maximum Gasteiger partial charge on any atom is 0.132 e. The van der Waals surface area contributed by atoms with E-state index in [4.69, 9.17) is 10.5 Å². The smallest absolute Gasteiger partial charge is 0.132 e. The minimum atomic E-state index is 0.252. The van der Waals surface area contributed by atoms with Crippen molar-refractivity contribution in [2.75, 3.05) is 7.11 Å². The molecule has 0 radical (unpaired) electrons. The van der Waals surface area contributed by atoms with Crippen molar-refractivity contribution in [2.24, 2.45) is 5.73 Å². The van der Waals surface area contributed by atoms with Crippen LogP contribution in [0.2, 0.25) is 0 Å². The van der Waals surface area contributed by atoms with E-state index in [-0.39, 0.29) is 6.04 Å². The molecule has 2 atom stereocenters. The molecule has 0 amide bonds. The molecule has 2 nitrogen and oxygen atoms in total. The molecule has 0 fully saturated rings. The summed E-state index contributed by atoms with van der Waals surface area (Å²) in [7, 11) is 1.70. The zero-order valence-electron chi connectivity index (χ0n) is 9.57. The van der Waals surface area contributed by atoms with Crippen LogP contribution in [-0.2, 0) is 0 Å². The van der Waals surface area contributed by atoms with Crippen LogP contribution in [0.1, 0.15) is 20.3 Å². The first-order valence-electron chi connectivity index (χ1n) is 5.18. The Morgan fingerprint density at radius 2 is 2.00 bits per heavy atom. The molecule has 2 N–H and O–H groups in total. The average molecular weight is 225 g/mol. The molecule has 0 bridgehead atoms. The number of thioether (sulfide) groups is 1. The van der Waals surface area contributed by atoms with Gasteiger partial charge in [-0.15, -0.1) is 11.8 Å². The molecular formula is C12H19NOS. The van der Waals surface area contributed by atoms with Gasteiger partial charge in [0.2, 0.25) is 0 Å². The highest BCUT2D eigenvalue weighted by Gasteiger charge is 2.09. The molecule has 0 spiro atoms. The SMILES string of the molecule is COc1ccccc1SC(C)CC(C)N. The number of nitrogens with two attached hydrogens (primary N) is 1. The maximum absolute atomic E-state index is 5.77. The second-order valence-corrected chi connectivity index (χ2v) is 5.27. The first-order valence-corrected chi connectivity index (χ1v) is 6.06. The molecule has 0 aliphatic rings. The van der Waals surface area contributed by atoms with Crippen LogP contribution in [0, 0.1) is 0 Å². The monoisotopic (exact) mass is 225 g/mol. The number of ether oxygens (including phenoxy) is 1. The summed E-state index contributed by atoms with van der Waals surface area (Å²) < 4.78 is 5.30. The predicted molar refractivity (Wildman–Crippen MR) is 66.6 cm³/mol. The van der Waals surface area contributed by atoms with E-state index in [0.717, 1.165) is 12.2 Å². The van der Waals surface area contributed by atoms with E-state index in [9.17, 15) is 0 Å². The Balaban J connectivity index is 2.63. The summed E-state index contributed by atoms with van der Waals surface area (Å²) in [6.45, 7) is 4.24. The summed E-state index contributed by atoms with van der Waals surface area (Å²) in [5.41, 5.74) is 5.77. The fraction of sp³-hybridized carbons (Fsp3) is 0.500. The molecule has 1 rings (SSSR count). The van der Waals surface area contributed by atoms with Crippen LogP contribution in [0.15, 0.2) is 29.2 Å². The van der Waals surface area contributed by atoms with Crippen molar-refractivity contribution in [1.29, 1.82) is 0 Å². The Hall–Kier alpha value is -0.670. The van der Waals surface area contributed by atoms with Gasteiger partial charge in [-0.3, -0.25) is 0 Å². The third kappa shape index (κ3) is 4.14. The van der Waals surface area contributed by atoms with Crippen molar-refractivity contribution in [1.82, 2.24) is 0 Å². The lowest BCUT2D eigenvalue weighted by Gasteiger charge is -2.15. The first-order chi connectivity index (χ1) is 7.13. The molecule has 84 valence electrons. The van der Waals surface area contributed by atoms with Gasteiger partial charge in [0.05, 0.1) is 7.11 Å². The van der Waals surface area contributed by atoms with E-state index in [1.807, 2.05) is 36.9 Å². The van der Waals surface area contributed by atoms with Crippen molar-refractivity contribution < 1.29 is 4.74 Å². The highest BCUT2D eigenvalue weighted by atomic mass is 32.2. The van der Waals surface area contributed by atoms with Crippen molar-refractivity contribution >= 4 is 11.8 Å². The van der Waals surface area contributed by atoms with Crippen molar-refractivity contribution in [3.05, 3.63) is 24.3 Å². The summed E-state index contributed by atoms with van der Waals surface area (Å²) in [6, 6.07) is 8.34. The second kappa shape index (κ2) is 6.03. The van der Waals surface area contributed by atoms with Gasteiger partial charge in [0, 0.05) is 16.2 Å². The molecule has 0 aliphatic heterocycles. The highest BCUT2D eigenvalue weighted by Crippen LogP contribution is 2.33. The van der Waals surface area contributed by atoms with Gasteiger partial charge in [0.15, 0.2) is 0 Å². The van der Waals surface area contributed by atoms with Gasteiger partial charge in [-0.05, 0) is 25.5 Å². The van der Waals surface area contributed by atoms with Crippen LogP contribution >= 0.6 is 11.8 Å². The zero-order valence-corrected chi connectivity index (χ0v) is 10.4. The van der Waals surface area contributed by atoms with E-state index in [1.165, 1.54) is 4.90 Å². The minimum Gasteiger partial charge on any atom is -0.496 e. The number of methoxy groups -OCH3 is 1. The van der Waals surface area contributed by atoms with Gasteiger partial charge in [0.25, 0.3) is 0 Å². The fourth-order valence-corrected chi connectivity index (χ4v) is 2.76. The Kier molecular flexibility index (Phi) is 4.99. The van der Waals surface area contributed by atoms with Crippen LogP contribution in [0.25, 0.3) is 0 Å². The van der Waals surface area contributed by atoms with Crippen LogP contribution in [-0.4, -0.2) is 18.4 Å². The van der Waals surface area contributed by atoms with Crippen molar-refractivity contribution in [2.45, 2.75) is 36.5 Å². The first kappa shape index (κ1) is 12.4. The van der Waals surface area contributed by atoms with E-state index in [0.29, 0.717) is 5.25 Å². The van der Waals surface area contributed by atoms with Gasteiger partial charge < -0.3 is 10.5 Å². The topological polar surface area (TPSA) is 35.2 Å². The third-order valence-electron chi connectivity index (χ3n) is 2.10. The molecule has 0 aliphatic carbocycles. The Bertz CT molecular complexity index is 301. The maximum atomic E-state index is 5.77. The van der Waals surface area contributed by atoms with E-state index in [2.05, 4.69) is 13.0 Å². The van der Waals surface area contributed by atoms with E-state index >= 15 is 0 Å².